The average Bonchev–Trinajstić information content (AvgIpc) is 2.36. The van der Waals surface area contributed by atoms with Gasteiger partial charge < -0.3 is 9.64 Å². The third kappa shape index (κ3) is 3.37. The van der Waals surface area contributed by atoms with E-state index in [1.54, 1.807) is 0 Å². The maximum absolute atomic E-state index is 5.48. The minimum atomic E-state index is -0.00395. The molecule has 1 aromatic rings. The number of nitrogens with one attached hydrogen (secondary N) is 1. The molecule has 0 saturated carbocycles. The van der Waals surface area contributed by atoms with Crippen LogP contribution in [0.4, 0.5) is 0 Å². The van der Waals surface area contributed by atoms with Crippen LogP contribution in [0.25, 0.3) is 0 Å². The van der Waals surface area contributed by atoms with Crippen LogP contribution in [0.5, 0.6) is 0 Å². The Labute approximate surface area is 133 Å². The third-order valence-corrected chi connectivity index (χ3v) is 4.05. The van der Waals surface area contributed by atoms with Crippen molar-refractivity contribution in [2.75, 3.05) is 27.3 Å². The summed E-state index contributed by atoms with van der Waals surface area (Å²) in [5, 5.41) is 4.32. The zero-order chi connectivity index (χ0) is 14.6. The van der Waals surface area contributed by atoms with Crippen LogP contribution in [0.15, 0.2) is 33.8 Å². The van der Waals surface area contributed by atoms with Gasteiger partial charge in [0.2, 0.25) is 0 Å². The number of ether oxygens (including phenoxy) is 1. The molecule has 0 amide bonds. The van der Waals surface area contributed by atoms with Crippen LogP contribution in [-0.2, 0) is 10.2 Å². The maximum atomic E-state index is 5.48. The summed E-state index contributed by atoms with van der Waals surface area (Å²) in [7, 11) is 3.97. The molecule has 0 atom stereocenters. The first-order chi connectivity index (χ1) is 9.57. The monoisotopic (exact) mass is 355 g/mol. The van der Waals surface area contributed by atoms with Crippen LogP contribution in [0.2, 0.25) is 0 Å². The Morgan fingerprint density at radius 3 is 2.80 bits per heavy atom. The molecule has 4 nitrogen and oxygen atoms in total. The quantitative estimate of drug-likeness (QED) is 0.381. The highest BCUT2D eigenvalue weighted by Gasteiger charge is 2.42. The highest BCUT2D eigenvalue weighted by Crippen LogP contribution is 2.37. The summed E-state index contributed by atoms with van der Waals surface area (Å²) in [6.07, 6.45) is 0.812. The molecule has 0 aromatic heterocycles. The van der Waals surface area contributed by atoms with E-state index in [0.29, 0.717) is 13.2 Å². The smallest absolute Gasteiger partial charge is 0.125 e. The van der Waals surface area contributed by atoms with Gasteiger partial charge in [0, 0.05) is 30.4 Å². The van der Waals surface area contributed by atoms with Crippen LogP contribution >= 0.6 is 28.1 Å². The lowest BCUT2D eigenvalue weighted by atomic mass is 9.75. The molecule has 1 aromatic carbocycles. The van der Waals surface area contributed by atoms with E-state index in [4.69, 9.17) is 17.0 Å². The van der Waals surface area contributed by atoms with Gasteiger partial charge >= 0.3 is 0 Å². The van der Waals surface area contributed by atoms with Crippen molar-refractivity contribution < 1.29 is 4.74 Å². The van der Waals surface area contributed by atoms with Gasteiger partial charge in [0.25, 0.3) is 0 Å². The first kappa shape index (κ1) is 15.4. The van der Waals surface area contributed by atoms with Crippen molar-refractivity contribution in [1.29, 1.82) is 0 Å². The molecule has 1 N–H and O–H groups in total. The minimum absolute atomic E-state index is 0.00395. The van der Waals surface area contributed by atoms with Gasteiger partial charge in [-0.1, -0.05) is 40.3 Å². The van der Waals surface area contributed by atoms with E-state index in [-0.39, 0.29) is 5.41 Å². The predicted octanol–water partition coefficient (Wildman–Crippen LogP) is 2.53. The standard InChI is InChI=1S/C14H18BrN3OS/c1-18(2)13(17-16-10-20)7-14(8-19-9-14)11-4-3-5-12(15)6-11/h3-6,10H,7-9H2,1-2H3,(H,16,20)/b17-13-. The molecule has 1 saturated heterocycles. The lowest BCUT2D eigenvalue weighted by Crippen LogP contribution is -2.50. The van der Waals surface area contributed by atoms with Crippen LogP contribution in [-0.4, -0.2) is 43.5 Å². The molecular formula is C14H18BrN3OS. The number of hydrogen-bond donors (Lipinski definition) is 1. The van der Waals surface area contributed by atoms with Crippen molar-refractivity contribution in [3.05, 3.63) is 34.3 Å². The number of rotatable bonds is 5. The van der Waals surface area contributed by atoms with Gasteiger partial charge in [-0.3, -0.25) is 5.43 Å². The summed E-state index contributed by atoms with van der Waals surface area (Å²) in [6, 6.07) is 8.39. The highest BCUT2D eigenvalue weighted by atomic mass is 79.9. The van der Waals surface area contributed by atoms with Gasteiger partial charge in [-0.15, -0.1) is 0 Å². The second-order valence-corrected chi connectivity index (χ2v) is 6.28. The molecule has 0 bridgehead atoms. The molecule has 0 spiro atoms. The lowest BCUT2D eigenvalue weighted by molar-refractivity contribution is -0.0572. The summed E-state index contributed by atoms with van der Waals surface area (Å²) in [5.74, 6) is 0.953. The van der Waals surface area contributed by atoms with Crippen molar-refractivity contribution in [2.45, 2.75) is 11.8 Å². The van der Waals surface area contributed by atoms with Gasteiger partial charge in [-0.05, 0) is 17.7 Å². The Hall–Kier alpha value is -0.980. The number of benzene rings is 1. The molecule has 108 valence electrons. The van der Waals surface area contributed by atoms with E-state index in [1.807, 2.05) is 25.1 Å². The summed E-state index contributed by atoms with van der Waals surface area (Å²) >= 11 is 8.29. The first-order valence-corrected chi connectivity index (χ1v) is 7.61. The molecule has 1 aliphatic rings. The Kier molecular flexibility index (Phi) is 5.12. The van der Waals surface area contributed by atoms with E-state index in [9.17, 15) is 0 Å². The summed E-state index contributed by atoms with van der Waals surface area (Å²) in [6.45, 7) is 1.43. The normalized spacial score (nSPS) is 17.2. The highest BCUT2D eigenvalue weighted by molar-refractivity contribution is 9.10. The zero-order valence-corrected chi connectivity index (χ0v) is 14.0. The SMILES string of the molecule is CN(C)/C(CC1(c2cccc(Br)c2)COC1)=N\NC=S. The van der Waals surface area contributed by atoms with Crippen molar-refractivity contribution in [3.63, 3.8) is 0 Å². The van der Waals surface area contributed by atoms with E-state index in [0.717, 1.165) is 16.7 Å². The maximum Gasteiger partial charge on any atom is 0.125 e. The fraction of sp³-hybridized carbons (Fsp3) is 0.429. The number of nitrogens with zero attached hydrogens (tertiary/aromatic N) is 2. The fourth-order valence-corrected chi connectivity index (χ4v) is 2.69. The van der Waals surface area contributed by atoms with E-state index in [2.05, 4.69) is 44.7 Å². The van der Waals surface area contributed by atoms with E-state index >= 15 is 0 Å². The topological polar surface area (TPSA) is 36.9 Å². The summed E-state index contributed by atoms with van der Waals surface area (Å²) in [4.78, 5) is 2.00. The molecule has 1 aliphatic heterocycles. The second-order valence-electron chi connectivity index (χ2n) is 5.13. The molecule has 6 heteroatoms. The summed E-state index contributed by atoms with van der Waals surface area (Å²) < 4.78 is 6.56. The Morgan fingerprint density at radius 2 is 2.30 bits per heavy atom. The molecule has 1 fully saturated rings. The van der Waals surface area contributed by atoms with Gasteiger partial charge in [0.15, 0.2) is 0 Å². The second kappa shape index (κ2) is 6.65. The van der Waals surface area contributed by atoms with Crippen LogP contribution in [0.3, 0.4) is 0 Å². The van der Waals surface area contributed by atoms with E-state index in [1.165, 1.54) is 11.1 Å². The summed E-state index contributed by atoms with van der Waals surface area (Å²) in [5.41, 5.74) is 5.43. The molecular weight excluding hydrogens is 338 g/mol. The van der Waals surface area contributed by atoms with Crippen molar-refractivity contribution in [3.8, 4) is 0 Å². The van der Waals surface area contributed by atoms with Crippen molar-refractivity contribution >= 4 is 39.5 Å². The van der Waals surface area contributed by atoms with Crippen LogP contribution < -0.4 is 5.43 Å². The molecule has 1 heterocycles. The van der Waals surface area contributed by atoms with E-state index < -0.39 is 0 Å². The van der Waals surface area contributed by atoms with Crippen LogP contribution in [0, 0.1) is 0 Å². The molecule has 0 radical (unpaired) electrons. The molecule has 20 heavy (non-hydrogen) atoms. The minimum Gasteiger partial charge on any atom is -0.379 e. The van der Waals surface area contributed by atoms with Crippen molar-refractivity contribution in [1.82, 2.24) is 10.3 Å². The lowest BCUT2D eigenvalue weighted by Gasteiger charge is -2.43. The molecule has 0 aliphatic carbocycles. The Bertz CT molecular complexity index is 515. The van der Waals surface area contributed by atoms with Crippen molar-refractivity contribution in [2.24, 2.45) is 5.10 Å². The first-order valence-electron chi connectivity index (χ1n) is 6.34. The molecule has 2 rings (SSSR count). The van der Waals surface area contributed by atoms with Gasteiger partial charge in [0.05, 0.1) is 18.7 Å². The Balaban J connectivity index is 2.25. The zero-order valence-electron chi connectivity index (χ0n) is 11.6. The Morgan fingerprint density at radius 1 is 1.55 bits per heavy atom. The van der Waals surface area contributed by atoms with Gasteiger partial charge in [-0.25, -0.2) is 0 Å². The number of hydrazone groups is 1. The predicted molar refractivity (Wildman–Crippen MR) is 89.2 cm³/mol. The molecule has 0 unspecified atom stereocenters. The number of hydrogen-bond acceptors (Lipinski definition) is 3. The van der Waals surface area contributed by atoms with Gasteiger partial charge in [0.1, 0.15) is 5.84 Å². The van der Waals surface area contributed by atoms with Crippen LogP contribution in [0.1, 0.15) is 12.0 Å². The number of amidine groups is 1. The third-order valence-electron chi connectivity index (χ3n) is 3.45. The number of halogens is 1. The largest absolute Gasteiger partial charge is 0.379 e. The fourth-order valence-electron chi connectivity index (χ4n) is 2.24. The average molecular weight is 356 g/mol. The van der Waals surface area contributed by atoms with Gasteiger partial charge in [-0.2, -0.15) is 5.10 Å². The number of thiocarbonyl (C=S) groups is 1.